The maximum absolute atomic E-state index is 13.6. The molecule has 1 aromatic heterocycles. The molecule has 6 nitrogen and oxygen atoms in total. The van der Waals surface area contributed by atoms with Crippen LogP contribution in [0.4, 0.5) is 4.79 Å². The van der Waals surface area contributed by atoms with E-state index < -0.39 is 11.7 Å². The van der Waals surface area contributed by atoms with Gasteiger partial charge in [0.15, 0.2) is 0 Å². The van der Waals surface area contributed by atoms with Crippen molar-refractivity contribution in [3.8, 4) is 10.4 Å². The number of thiazole rings is 1. The van der Waals surface area contributed by atoms with Gasteiger partial charge in [0.1, 0.15) is 11.3 Å². The summed E-state index contributed by atoms with van der Waals surface area (Å²) in [6.07, 6.45) is 1.51. The van der Waals surface area contributed by atoms with Gasteiger partial charge in [0.2, 0.25) is 0 Å². The fraction of sp³-hybridized carbons (Fsp3) is 0.522. The number of rotatable bonds is 4. The lowest BCUT2D eigenvalue weighted by Crippen LogP contribution is -2.53. The lowest BCUT2D eigenvalue weighted by molar-refractivity contribution is 0.0405. The molecule has 0 aliphatic carbocycles. The summed E-state index contributed by atoms with van der Waals surface area (Å²) in [6.45, 7) is 10.6. The number of benzene rings is 1. The predicted octanol–water partition coefficient (Wildman–Crippen LogP) is 4.88. The minimum atomic E-state index is -0.555. The molecule has 2 amide bonds. The lowest BCUT2D eigenvalue weighted by atomic mass is 9.90. The largest absolute Gasteiger partial charge is 0.444 e. The molecule has 1 aliphatic heterocycles. The maximum atomic E-state index is 13.6. The van der Waals surface area contributed by atoms with Gasteiger partial charge in [0.25, 0.3) is 5.91 Å². The van der Waals surface area contributed by atoms with E-state index in [0.717, 1.165) is 28.3 Å². The zero-order valence-electron chi connectivity index (χ0n) is 18.4. The van der Waals surface area contributed by atoms with E-state index in [2.05, 4.69) is 17.2 Å². The number of aryl methyl sites for hydroxylation is 1. The number of nitrogens with one attached hydrogen (secondary N) is 1. The van der Waals surface area contributed by atoms with Crippen molar-refractivity contribution in [2.45, 2.75) is 59.1 Å². The Morgan fingerprint density at radius 3 is 2.63 bits per heavy atom. The quantitative estimate of drug-likeness (QED) is 0.752. The Morgan fingerprint density at radius 2 is 1.97 bits per heavy atom. The number of amides is 2. The van der Waals surface area contributed by atoms with E-state index in [1.165, 1.54) is 11.3 Å². The van der Waals surface area contributed by atoms with Gasteiger partial charge in [-0.2, -0.15) is 0 Å². The first-order valence-corrected chi connectivity index (χ1v) is 11.3. The van der Waals surface area contributed by atoms with Gasteiger partial charge in [-0.15, -0.1) is 11.3 Å². The number of piperidine rings is 1. The van der Waals surface area contributed by atoms with E-state index in [1.807, 2.05) is 62.9 Å². The molecule has 30 heavy (non-hydrogen) atoms. The van der Waals surface area contributed by atoms with Gasteiger partial charge in [0.05, 0.1) is 15.9 Å². The average molecular weight is 430 g/mol. The number of likely N-dealkylation sites (tertiary alicyclic amines) is 1. The third kappa shape index (κ3) is 5.39. The molecule has 0 radical (unpaired) electrons. The van der Waals surface area contributed by atoms with E-state index in [4.69, 9.17) is 4.74 Å². The molecular formula is C23H31N3O3S. The molecule has 1 saturated heterocycles. The molecule has 1 aromatic carbocycles. The summed E-state index contributed by atoms with van der Waals surface area (Å²) in [6, 6.07) is 9.81. The summed E-state index contributed by atoms with van der Waals surface area (Å²) in [7, 11) is 0. The van der Waals surface area contributed by atoms with Gasteiger partial charge in [-0.25, -0.2) is 9.78 Å². The molecule has 7 heteroatoms. The third-order valence-corrected chi connectivity index (χ3v) is 6.22. The minimum Gasteiger partial charge on any atom is -0.444 e. The summed E-state index contributed by atoms with van der Waals surface area (Å²) in [4.78, 5) is 33.1. The number of carbonyl (C=O) groups is 2. The molecule has 2 atom stereocenters. The van der Waals surface area contributed by atoms with Crippen molar-refractivity contribution in [3.05, 3.63) is 41.0 Å². The van der Waals surface area contributed by atoms with Crippen LogP contribution >= 0.6 is 11.3 Å². The molecule has 162 valence electrons. The summed E-state index contributed by atoms with van der Waals surface area (Å²) < 4.78 is 5.36. The highest BCUT2D eigenvalue weighted by molar-refractivity contribution is 7.15. The Balaban J connectivity index is 1.81. The smallest absolute Gasteiger partial charge is 0.407 e. The van der Waals surface area contributed by atoms with Crippen molar-refractivity contribution < 1.29 is 14.3 Å². The van der Waals surface area contributed by atoms with Crippen LogP contribution in [0.3, 0.4) is 0 Å². The number of ether oxygens (including phenoxy) is 1. The highest BCUT2D eigenvalue weighted by atomic mass is 32.1. The first-order valence-electron chi connectivity index (χ1n) is 10.5. The maximum Gasteiger partial charge on any atom is 0.407 e. The van der Waals surface area contributed by atoms with Crippen LogP contribution in [0.1, 0.15) is 56.0 Å². The van der Waals surface area contributed by atoms with Gasteiger partial charge < -0.3 is 15.0 Å². The highest BCUT2D eigenvalue weighted by Gasteiger charge is 2.35. The van der Waals surface area contributed by atoms with Gasteiger partial charge in [-0.1, -0.05) is 37.3 Å². The van der Waals surface area contributed by atoms with Gasteiger partial charge in [-0.3, -0.25) is 4.79 Å². The normalized spacial score (nSPS) is 19.4. The first kappa shape index (κ1) is 22.3. The van der Waals surface area contributed by atoms with Gasteiger partial charge >= 0.3 is 6.09 Å². The molecule has 0 spiro atoms. The fourth-order valence-electron chi connectivity index (χ4n) is 3.81. The number of hydrogen-bond acceptors (Lipinski definition) is 5. The zero-order valence-corrected chi connectivity index (χ0v) is 19.2. The molecular weight excluding hydrogens is 398 g/mol. The van der Waals surface area contributed by atoms with Crippen LogP contribution < -0.4 is 5.32 Å². The van der Waals surface area contributed by atoms with Crippen LogP contribution in [0.15, 0.2) is 30.3 Å². The predicted molar refractivity (Wildman–Crippen MR) is 120 cm³/mol. The molecule has 0 bridgehead atoms. The number of carbonyl (C=O) groups excluding carboxylic acids is 2. The second-order valence-electron chi connectivity index (χ2n) is 8.84. The van der Waals surface area contributed by atoms with Crippen LogP contribution in [0.5, 0.6) is 0 Å². The monoisotopic (exact) mass is 429 g/mol. The first-order chi connectivity index (χ1) is 14.2. The standard InChI is InChI=1S/C23H31N3O3S/c1-15-10-9-13-26(18(15)14-24-22(28)29-23(3,4)5)21(27)19-20(30-16(2)25-19)17-11-7-6-8-12-17/h6-8,11-12,15,18H,9-10,13-14H2,1-5H3,(H,24,28)/t15-,18+/m0/s1. The fourth-order valence-corrected chi connectivity index (χ4v) is 4.72. The van der Waals surface area contributed by atoms with Gasteiger partial charge in [0, 0.05) is 13.1 Å². The summed E-state index contributed by atoms with van der Waals surface area (Å²) in [5.74, 6) is 0.207. The van der Waals surface area contributed by atoms with E-state index in [9.17, 15) is 9.59 Å². The Bertz CT molecular complexity index is 889. The molecule has 0 saturated carbocycles. The number of alkyl carbamates (subject to hydrolysis) is 1. The molecule has 2 heterocycles. The second-order valence-corrected chi connectivity index (χ2v) is 10.0. The van der Waals surface area contributed by atoms with Crippen LogP contribution in [0, 0.1) is 12.8 Å². The number of nitrogens with zero attached hydrogens (tertiary/aromatic N) is 2. The molecule has 0 unspecified atom stereocenters. The Labute approximate surface area is 182 Å². The number of hydrogen-bond donors (Lipinski definition) is 1. The van der Waals surface area contributed by atoms with Crippen molar-refractivity contribution >= 4 is 23.3 Å². The lowest BCUT2D eigenvalue weighted by Gasteiger charge is -2.40. The van der Waals surface area contributed by atoms with Crippen LogP contribution in [-0.2, 0) is 4.74 Å². The van der Waals surface area contributed by atoms with Gasteiger partial charge in [-0.05, 0) is 52.0 Å². The molecule has 1 N–H and O–H groups in total. The minimum absolute atomic E-state index is 0.0688. The van der Waals surface area contributed by atoms with Crippen molar-refractivity contribution in [2.24, 2.45) is 5.92 Å². The highest BCUT2D eigenvalue weighted by Crippen LogP contribution is 2.33. The third-order valence-electron chi connectivity index (χ3n) is 5.20. The topological polar surface area (TPSA) is 71.5 Å². The van der Waals surface area contributed by atoms with E-state index in [1.54, 1.807) is 0 Å². The van der Waals surface area contributed by atoms with Crippen molar-refractivity contribution in [1.29, 1.82) is 0 Å². The van der Waals surface area contributed by atoms with E-state index >= 15 is 0 Å². The molecule has 1 fully saturated rings. The second kappa shape index (κ2) is 9.16. The number of aromatic nitrogens is 1. The van der Waals surface area contributed by atoms with Crippen LogP contribution in [-0.4, -0.2) is 46.6 Å². The van der Waals surface area contributed by atoms with E-state index in [0.29, 0.717) is 18.8 Å². The van der Waals surface area contributed by atoms with E-state index in [-0.39, 0.29) is 17.9 Å². The average Bonchev–Trinajstić information content (AvgIpc) is 3.07. The van der Waals surface area contributed by atoms with Crippen molar-refractivity contribution in [3.63, 3.8) is 0 Å². The Morgan fingerprint density at radius 1 is 1.27 bits per heavy atom. The Kier molecular flexibility index (Phi) is 6.81. The SMILES string of the molecule is Cc1nc(C(=O)N2CCC[C@H](C)[C@H]2CNC(=O)OC(C)(C)C)c(-c2ccccc2)s1. The zero-order chi connectivity index (χ0) is 21.9. The summed E-state index contributed by atoms with van der Waals surface area (Å²) >= 11 is 1.54. The summed E-state index contributed by atoms with van der Waals surface area (Å²) in [5.41, 5.74) is 0.945. The molecule has 1 aliphatic rings. The van der Waals surface area contributed by atoms with Crippen molar-refractivity contribution in [2.75, 3.05) is 13.1 Å². The molecule has 3 rings (SSSR count). The summed E-state index contributed by atoms with van der Waals surface area (Å²) in [5, 5.41) is 3.72. The molecule has 2 aromatic rings. The van der Waals surface area contributed by atoms with Crippen LogP contribution in [0.25, 0.3) is 10.4 Å². The van der Waals surface area contributed by atoms with Crippen LogP contribution in [0.2, 0.25) is 0 Å². The van der Waals surface area contributed by atoms with Crippen molar-refractivity contribution in [1.82, 2.24) is 15.2 Å². The Hall–Kier alpha value is -2.41.